The number of aryl methyl sites for hydroxylation is 1. The van der Waals surface area contributed by atoms with Crippen molar-refractivity contribution in [1.29, 1.82) is 0 Å². The zero-order chi connectivity index (χ0) is 23.7. The van der Waals surface area contributed by atoms with Gasteiger partial charge < -0.3 is 5.32 Å². The number of fused-ring (bicyclic) bond motifs is 1. The minimum Gasteiger partial charge on any atom is -0.322 e. The number of pyridine rings is 1. The van der Waals surface area contributed by atoms with Crippen LogP contribution < -0.4 is 5.32 Å². The van der Waals surface area contributed by atoms with Gasteiger partial charge in [0.15, 0.2) is 11.5 Å². The number of rotatable bonds is 5. The summed E-state index contributed by atoms with van der Waals surface area (Å²) in [5, 5.41) is 27.1. The fourth-order valence-corrected chi connectivity index (χ4v) is 3.52. The van der Waals surface area contributed by atoms with Crippen LogP contribution in [-0.4, -0.2) is 35.6 Å². The zero-order valence-electron chi connectivity index (χ0n) is 17.9. The number of benzene rings is 2. The number of hydrogen-bond acceptors (Lipinski definition) is 7. The average molecular weight is 451 g/mol. The maximum Gasteiger partial charge on any atom is 0.273 e. The van der Waals surface area contributed by atoms with E-state index in [9.17, 15) is 14.9 Å². The van der Waals surface area contributed by atoms with E-state index in [0.29, 0.717) is 28.4 Å². The Morgan fingerprint density at radius 1 is 1.00 bits per heavy atom. The van der Waals surface area contributed by atoms with Crippen LogP contribution in [0.5, 0.6) is 0 Å². The van der Waals surface area contributed by atoms with Crippen molar-refractivity contribution in [1.82, 2.24) is 24.8 Å². The summed E-state index contributed by atoms with van der Waals surface area (Å²) < 4.78 is 1.64. The van der Waals surface area contributed by atoms with Crippen molar-refractivity contribution in [2.45, 2.75) is 6.92 Å². The maximum absolute atomic E-state index is 12.7. The lowest BCUT2D eigenvalue weighted by molar-refractivity contribution is -0.385. The maximum atomic E-state index is 12.7. The minimum atomic E-state index is -0.501. The van der Waals surface area contributed by atoms with E-state index >= 15 is 0 Å². The van der Waals surface area contributed by atoms with Crippen LogP contribution in [-0.2, 0) is 0 Å². The van der Waals surface area contributed by atoms with E-state index in [1.807, 2.05) is 30.3 Å². The lowest BCUT2D eigenvalue weighted by Crippen LogP contribution is -2.12. The van der Waals surface area contributed by atoms with Crippen LogP contribution in [0.25, 0.3) is 28.3 Å². The summed E-state index contributed by atoms with van der Waals surface area (Å²) in [6.45, 7) is 1.63. The number of nitro benzene ring substituents is 1. The van der Waals surface area contributed by atoms with E-state index in [-0.39, 0.29) is 11.3 Å². The second kappa shape index (κ2) is 8.51. The fraction of sp³-hybridized carbons (Fsp3) is 0.0417. The number of amides is 1. The molecule has 0 radical (unpaired) electrons. The summed E-state index contributed by atoms with van der Waals surface area (Å²) in [4.78, 5) is 27.5. The predicted molar refractivity (Wildman–Crippen MR) is 125 cm³/mol. The standard InChI is InChI=1S/C24H17N7O3/c1-15-7-8-17(13-21(15)31(33)34)24(32)26-19-6-2-4-16(12-19)20-9-10-22-27-28-23(30(22)29-20)18-5-3-11-25-14-18/h2-14H,1H3,(H,26,32). The van der Waals surface area contributed by atoms with Crippen LogP contribution in [0.4, 0.5) is 11.4 Å². The molecule has 1 N–H and O–H groups in total. The van der Waals surface area contributed by atoms with Crippen LogP contribution >= 0.6 is 0 Å². The SMILES string of the molecule is Cc1ccc(C(=O)Nc2cccc(-c3ccc4nnc(-c5cccnc5)n4n3)c2)cc1[N+](=O)[O-]. The first-order chi connectivity index (χ1) is 16.5. The third-order valence-corrected chi connectivity index (χ3v) is 5.27. The van der Waals surface area contributed by atoms with E-state index in [2.05, 4.69) is 25.6 Å². The number of nitro groups is 1. The smallest absolute Gasteiger partial charge is 0.273 e. The highest BCUT2D eigenvalue weighted by Gasteiger charge is 2.16. The first kappa shape index (κ1) is 20.9. The summed E-state index contributed by atoms with van der Waals surface area (Å²) in [7, 11) is 0. The first-order valence-corrected chi connectivity index (χ1v) is 10.3. The van der Waals surface area contributed by atoms with Crippen molar-refractivity contribution < 1.29 is 9.72 Å². The fourth-order valence-electron chi connectivity index (χ4n) is 3.52. The van der Waals surface area contributed by atoms with Gasteiger partial charge in [-0.3, -0.25) is 19.9 Å². The quantitative estimate of drug-likeness (QED) is 0.311. The number of carbonyl (C=O) groups is 1. The molecule has 166 valence electrons. The van der Waals surface area contributed by atoms with Crippen molar-refractivity contribution in [2.24, 2.45) is 0 Å². The molecule has 0 atom stereocenters. The second-order valence-electron chi connectivity index (χ2n) is 7.55. The Bertz CT molecular complexity index is 1550. The van der Waals surface area contributed by atoms with Gasteiger partial charge in [0.1, 0.15) is 0 Å². The Labute approximate surface area is 193 Å². The molecule has 10 nitrogen and oxygen atoms in total. The highest BCUT2D eigenvalue weighted by Crippen LogP contribution is 2.24. The number of nitrogens with one attached hydrogen (secondary N) is 1. The molecule has 0 unspecified atom stereocenters. The third kappa shape index (κ3) is 3.95. The molecule has 0 saturated heterocycles. The average Bonchev–Trinajstić information content (AvgIpc) is 3.28. The van der Waals surface area contributed by atoms with Crippen LogP contribution in [0.3, 0.4) is 0 Å². The van der Waals surface area contributed by atoms with Crippen molar-refractivity contribution in [2.75, 3.05) is 5.32 Å². The summed E-state index contributed by atoms with van der Waals surface area (Å²) in [5.41, 5.74) is 3.92. The number of nitrogens with zero attached hydrogens (tertiary/aromatic N) is 6. The Balaban J connectivity index is 1.45. The van der Waals surface area contributed by atoms with E-state index < -0.39 is 10.8 Å². The van der Waals surface area contributed by atoms with Crippen molar-refractivity contribution in [3.05, 3.63) is 100 Å². The Morgan fingerprint density at radius 3 is 2.65 bits per heavy atom. The molecule has 0 fully saturated rings. The Kier molecular flexibility index (Phi) is 5.23. The number of anilines is 1. The number of carbonyl (C=O) groups excluding carboxylic acids is 1. The minimum absolute atomic E-state index is 0.0998. The van der Waals surface area contributed by atoms with Gasteiger partial charge in [-0.1, -0.05) is 18.2 Å². The molecule has 3 aromatic heterocycles. The largest absolute Gasteiger partial charge is 0.322 e. The summed E-state index contributed by atoms with van der Waals surface area (Å²) in [6.07, 6.45) is 3.37. The van der Waals surface area contributed by atoms with Gasteiger partial charge in [0.05, 0.1) is 10.6 Å². The molecule has 2 aromatic carbocycles. The van der Waals surface area contributed by atoms with Gasteiger partial charge in [-0.25, -0.2) is 0 Å². The van der Waals surface area contributed by atoms with Crippen LogP contribution in [0.1, 0.15) is 15.9 Å². The predicted octanol–water partition coefficient (Wildman–Crippen LogP) is 4.32. The molecule has 0 aliphatic heterocycles. The van der Waals surface area contributed by atoms with Crippen molar-refractivity contribution >= 4 is 22.9 Å². The summed E-state index contributed by atoms with van der Waals surface area (Å²) in [6, 6.07) is 18.9. The van der Waals surface area contributed by atoms with Gasteiger partial charge in [-0.05, 0) is 49.4 Å². The van der Waals surface area contributed by atoms with Crippen LogP contribution in [0.15, 0.2) is 79.1 Å². The molecular weight excluding hydrogens is 434 g/mol. The molecular formula is C24H17N7O3. The molecule has 0 aliphatic rings. The number of aromatic nitrogens is 5. The molecule has 1 amide bonds. The molecule has 0 aliphatic carbocycles. The van der Waals surface area contributed by atoms with Gasteiger partial charge in [0.2, 0.25) is 0 Å². The van der Waals surface area contributed by atoms with Gasteiger partial charge in [0, 0.05) is 46.4 Å². The number of hydrogen-bond donors (Lipinski definition) is 1. The van der Waals surface area contributed by atoms with Crippen molar-refractivity contribution in [3.63, 3.8) is 0 Å². The van der Waals surface area contributed by atoms with Crippen molar-refractivity contribution in [3.8, 4) is 22.6 Å². The van der Waals surface area contributed by atoms with Crippen LogP contribution in [0.2, 0.25) is 0 Å². The highest BCUT2D eigenvalue weighted by atomic mass is 16.6. The molecule has 0 spiro atoms. The molecule has 3 heterocycles. The van der Waals surface area contributed by atoms with E-state index in [1.54, 1.807) is 54.2 Å². The molecule has 5 aromatic rings. The Hall–Kier alpha value is -4.99. The molecule has 0 saturated carbocycles. The first-order valence-electron chi connectivity index (χ1n) is 10.3. The van der Waals surface area contributed by atoms with Crippen LogP contribution in [0, 0.1) is 17.0 Å². The summed E-state index contributed by atoms with van der Waals surface area (Å²) >= 11 is 0. The van der Waals surface area contributed by atoms with E-state index in [0.717, 1.165) is 11.1 Å². The van der Waals surface area contributed by atoms with E-state index in [1.165, 1.54) is 6.07 Å². The summed E-state index contributed by atoms with van der Waals surface area (Å²) in [5.74, 6) is 0.122. The zero-order valence-corrected chi connectivity index (χ0v) is 17.9. The van der Waals surface area contributed by atoms with Gasteiger partial charge in [-0.15, -0.1) is 10.2 Å². The third-order valence-electron chi connectivity index (χ3n) is 5.27. The molecule has 34 heavy (non-hydrogen) atoms. The lowest BCUT2D eigenvalue weighted by atomic mass is 10.1. The second-order valence-corrected chi connectivity index (χ2v) is 7.55. The highest BCUT2D eigenvalue weighted by molar-refractivity contribution is 6.05. The normalized spacial score (nSPS) is 10.9. The monoisotopic (exact) mass is 451 g/mol. The molecule has 0 bridgehead atoms. The Morgan fingerprint density at radius 2 is 1.85 bits per heavy atom. The van der Waals surface area contributed by atoms with Gasteiger partial charge >= 0.3 is 0 Å². The van der Waals surface area contributed by atoms with Gasteiger partial charge in [-0.2, -0.15) is 9.61 Å². The van der Waals surface area contributed by atoms with Gasteiger partial charge in [0.25, 0.3) is 11.6 Å². The topological polar surface area (TPSA) is 128 Å². The lowest BCUT2D eigenvalue weighted by Gasteiger charge is -2.08. The molecule has 5 rings (SSSR count). The molecule has 10 heteroatoms. The van der Waals surface area contributed by atoms with E-state index in [4.69, 9.17) is 0 Å².